The van der Waals surface area contributed by atoms with E-state index in [-0.39, 0.29) is 18.6 Å². The van der Waals surface area contributed by atoms with Gasteiger partial charge in [-0.15, -0.1) is 0 Å². The topological polar surface area (TPSA) is 47.6 Å². The van der Waals surface area contributed by atoms with Crippen LogP contribution < -0.4 is 5.32 Å². The molecular formula is C7H13NO3. The van der Waals surface area contributed by atoms with Gasteiger partial charge in [-0.05, 0) is 6.92 Å². The van der Waals surface area contributed by atoms with Crippen LogP contribution in [-0.2, 0) is 14.3 Å². The zero-order valence-corrected chi connectivity index (χ0v) is 6.63. The lowest BCUT2D eigenvalue weighted by atomic mass is 10.2. The molecule has 11 heavy (non-hydrogen) atoms. The molecule has 0 bridgehead atoms. The number of ether oxygens (including phenoxy) is 2. The number of carbonyl (C=O) groups is 1. The van der Waals surface area contributed by atoms with Gasteiger partial charge in [0.1, 0.15) is 6.61 Å². The highest BCUT2D eigenvalue weighted by molar-refractivity contribution is 5.77. The second kappa shape index (κ2) is 4.31. The Morgan fingerprint density at radius 3 is 2.91 bits per heavy atom. The molecule has 1 rings (SSSR count). The predicted molar refractivity (Wildman–Crippen MR) is 39.2 cm³/mol. The van der Waals surface area contributed by atoms with Crippen LogP contribution in [0.15, 0.2) is 0 Å². The van der Waals surface area contributed by atoms with Crippen LogP contribution >= 0.6 is 0 Å². The van der Waals surface area contributed by atoms with E-state index in [1.807, 2.05) is 6.92 Å². The molecule has 4 nitrogen and oxygen atoms in total. The van der Waals surface area contributed by atoms with Gasteiger partial charge in [0.05, 0.1) is 19.3 Å². The van der Waals surface area contributed by atoms with Crippen molar-refractivity contribution in [1.82, 2.24) is 5.32 Å². The van der Waals surface area contributed by atoms with E-state index in [9.17, 15) is 4.79 Å². The van der Waals surface area contributed by atoms with Crippen LogP contribution in [-0.4, -0.2) is 38.4 Å². The normalized spacial score (nSPS) is 17.5. The summed E-state index contributed by atoms with van der Waals surface area (Å²) in [7, 11) is 0. The summed E-state index contributed by atoms with van der Waals surface area (Å²) in [4.78, 5) is 10.9. The van der Waals surface area contributed by atoms with E-state index in [1.165, 1.54) is 0 Å². The third-order valence-electron chi connectivity index (χ3n) is 1.44. The zero-order chi connectivity index (χ0) is 8.10. The molecule has 0 aromatic heterocycles. The highest BCUT2D eigenvalue weighted by Crippen LogP contribution is 1.98. The van der Waals surface area contributed by atoms with Gasteiger partial charge in [0.2, 0.25) is 5.91 Å². The Labute approximate surface area is 65.9 Å². The Hall–Kier alpha value is -0.610. The van der Waals surface area contributed by atoms with Gasteiger partial charge >= 0.3 is 0 Å². The van der Waals surface area contributed by atoms with E-state index >= 15 is 0 Å². The minimum Gasteiger partial charge on any atom is -0.377 e. The van der Waals surface area contributed by atoms with Crippen molar-refractivity contribution in [2.24, 2.45) is 0 Å². The predicted octanol–water partition coefficient (Wildman–Crippen LogP) is -0.462. The standard InChI is InChI=1S/C7H13NO3/c1-2-10-5-7(9)8-6-3-11-4-6/h6H,2-5H2,1H3,(H,8,9). The molecule has 0 aliphatic carbocycles. The van der Waals surface area contributed by atoms with Crippen molar-refractivity contribution in [2.75, 3.05) is 26.4 Å². The molecule has 0 spiro atoms. The maximum atomic E-state index is 10.9. The van der Waals surface area contributed by atoms with E-state index in [0.717, 1.165) is 0 Å². The van der Waals surface area contributed by atoms with Gasteiger partial charge in [-0.25, -0.2) is 0 Å². The third kappa shape index (κ3) is 2.86. The quantitative estimate of drug-likeness (QED) is 0.603. The molecular weight excluding hydrogens is 146 g/mol. The lowest BCUT2D eigenvalue weighted by Gasteiger charge is -2.26. The molecule has 4 heteroatoms. The summed E-state index contributed by atoms with van der Waals surface area (Å²) in [6.45, 7) is 3.87. The Balaban J connectivity index is 2.00. The molecule has 1 aliphatic rings. The molecule has 1 saturated heterocycles. The molecule has 1 aliphatic heterocycles. The Kier molecular flexibility index (Phi) is 3.32. The molecule has 64 valence electrons. The van der Waals surface area contributed by atoms with Crippen molar-refractivity contribution in [2.45, 2.75) is 13.0 Å². The number of hydrogen-bond donors (Lipinski definition) is 1. The van der Waals surface area contributed by atoms with Gasteiger partial charge in [-0.2, -0.15) is 0 Å². The highest BCUT2D eigenvalue weighted by atomic mass is 16.5. The first-order valence-corrected chi connectivity index (χ1v) is 3.77. The van der Waals surface area contributed by atoms with E-state index in [0.29, 0.717) is 19.8 Å². The average molecular weight is 159 g/mol. The summed E-state index contributed by atoms with van der Waals surface area (Å²) in [5, 5.41) is 2.76. The minimum atomic E-state index is -0.0554. The number of rotatable bonds is 4. The van der Waals surface area contributed by atoms with Crippen LogP contribution in [0, 0.1) is 0 Å². The van der Waals surface area contributed by atoms with Crippen LogP contribution in [0.2, 0.25) is 0 Å². The molecule has 1 heterocycles. The largest absolute Gasteiger partial charge is 0.377 e. The first-order valence-electron chi connectivity index (χ1n) is 3.77. The van der Waals surface area contributed by atoms with Crippen molar-refractivity contribution in [1.29, 1.82) is 0 Å². The number of amides is 1. The maximum absolute atomic E-state index is 10.9. The lowest BCUT2D eigenvalue weighted by molar-refractivity contribution is -0.129. The SMILES string of the molecule is CCOCC(=O)NC1COC1. The van der Waals surface area contributed by atoms with Crippen LogP contribution in [0.1, 0.15) is 6.92 Å². The van der Waals surface area contributed by atoms with Gasteiger partial charge in [-0.1, -0.05) is 0 Å². The van der Waals surface area contributed by atoms with Gasteiger partial charge in [-0.3, -0.25) is 4.79 Å². The first kappa shape index (κ1) is 8.49. The van der Waals surface area contributed by atoms with E-state index in [1.54, 1.807) is 0 Å². The van der Waals surface area contributed by atoms with Crippen molar-refractivity contribution >= 4 is 5.91 Å². The maximum Gasteiger partial charge on any atom is 0.246 e. The summed E-state index contributed by atoms with van der Waals surface area (Å²) in [6, 6.07) is 0.211. The first-order chi connectivity index (χ1) is 5.33. The van der Waals surface area contributed by atoms with Gasteiger partial charge in [0.15, 0.2) is 0 Å². The number of nitrogens with one attached hydrogen (secondary N) is 1. The molecule has 0 saturated carbocycles. The lowest BCUT2D eigenvalue weighted by Crippen LogP contribution is -2.49. The second-order valence-electron chi connectivity index (χ2n) is 2.44. The van der Waals surface area contributed by atoms with Crippen molar-refractivity contribution < 1.29 is 14.3 Å². The van der Waals surface area contributed by atoms with Gasteiger partial charge in [0.25, 0.3) is 0 Å². The van der Waals surface area contributed by atoms with Crippen molar-refractivity contribution in [3.8, 4) is 0 Å². The second-order valence-corrected chi connectivity index (χ2v) is 2.44. The zero-order valence-electron chi connectivity index (χ0n) is 6.63. The fraction of sp³-hybridized carbons (Fsp3) is 0.857. The van der Waals surface area contributed by atoms with Crippen molar-refractivity contribution in [3.63, 3.8) is 0 Å². The number of carbonyl (C=O) groups excluding carboxylic acids is 1. The minimum absolute atomic E-state index is 0.0554. The summed E-state index contributed by atoms with van der Waals surface area (Å²) < 4.78 is 9.80. The molecule has 0 aromatic rings. The van der Waals surface area contributed by atoms with Crippen LogP contribution in [0.4, 0.5) is 0 Å². The monoisotopic (exact) mass is 159 g/mol. The average Bonchev–Trinajstić information content (AvgIpc) is 1.93. The molecule has 0 unspecified atom stereocenters. The molecule has 0 atom stereocenters. The number of hydrogen-bond acceptors (Lipinski definition) is 3. The summed E-state index contributed by atoms with van der Waals surface area (Å²) in [5.74, 6) is -0.0554. The van der Waals surface area contributed by atoms with Crippen molar-refractivity contribution in [3.05, 3.63) is 0 Å². The molecule has 1 N–H and O–H groups in total. The molecule has 1 fully saturated rings. The van der Waals surface area contributed by atoms with Gasteiger partial charge in [0, 0.05) is 6.61 Å². The Morgan fingerprint density at radius 1 is 1.73 bits per heavy atom. The van der Waals surface area contributed by atoms with Crippen LogP contribution in [0.3, 0.4) is 0 Å². The Morgan fingerprint density at radius 2 is 2.45 bits per heavy atom. The highest BCUT2D eigenvalue weighted by Gasteiger charge is 2.19. The summed E-state index contributed by atoms with van der Waals surface area (Å²) in [6.07, 6.45) is 0. The molecule has 0 aromatic carbocycles. The summed E-state index contributed by atoms with van der Waals surface area (Å²) in [5.41, 5.74) is 0. The molecule has 0 radical (unpaired) electrons. The summed E-state index contributed by atoms with van der Waals surface area (Å²) >= 11 is 0. The van der Waals surface area contributed by atoms with Crippen LogP contribution in [0.25, 0.3) is 0 Å². The van der Waals surface area contributed by atoms with E-state index in [4.69, 9.17) is 9.47 Å². The fourth-order valence-corrected chi connectivity index (χ4v) is 0.783. The van der Waals surface area contributed by atoms with Gasteiger partial charge < -0.3 is 14.8 Å². The van der Waals surface area contributed by atoms with E-state index in [2.05, 4.69) is 5.32 Å². The van der Waals surface area contributed by atoms with Crippen LogP contribution in [0.5, 0.6) is 0 Å². The Bertz CT molecular complexity index is 134. The van der Waals surface area contributed by atoms with E-state index < -0.39 is 0 Å². The molecule has 1 amide bonds. The fourth-order valence-electron chi connectivity index (χ4n) is 0.783. The smallest absolute Gasteiger partial charge is 0.246 e. The third-order valence-corrected chi connectivity index (χ3v) is 1.44.